The molecule has 0 saturated carbocycles. The number of thiazole rings is 1. The molecule has 0 bridgehead atoms. The van der Waals surface area contributed by atoms with E-state index in [-0.39, 0.29) is 18.2 Å². The number of hydrogen-bond donors (Lipinski definition) is 1. The maximum Gasteiger partial charge on any atom is 0.419 e. The fraction of sp³-hybridized carbons (Fsp3) is 0.468. The van der Waals surface area contributed by atoms with Crippen molar-refractivity contribution in [1.82, 2.24) is 19.4 Å². The third-order valence-electron chi connectivity index (χ3n) is 11.2. The van der Waals surface area contributed by atoms with Gasteiger partial charge < -0.3 is 24.1 Å². The van der Waals surface area contributed by atoms with Crippen molar-refractivity contribution in [2.75, 3.05) is 31.6 Å². The predicted octanol–water partition coefficient (Wildman–Crippen LogP) is 9.46. The number of benzene rings is 3. The zero-order valence-electron chi connectivity index (χ0n) is 36.9. The first-order chi connectivity index (χ1) is 28.6. The van der Waals surface area contributed by atoms with Crippen LogP contribution in [0, 0.1) is 0 Å². The van der Waals surface area contributed by atoms with Gasteiger partial charge in [0, 0.05) is 35.6 Å². The molecule has 1 fully saturated rings. The van der Waals surface area contributed by atoms with Crippen molar-refractivity contribution in [2.24, 2.45) is 0 Å². The topological polar surface area (TPSA) is 98.2 Å². The molecule has 61 heavy (non-hydrogen) atoms. The van der Waals surface area contributed by atoms with Gasteiger partial charge in [-0.25, -0.2) is 27.9 Å². The number of halogens is 2. The van der Waals surface area contributed by atoms with Crippen LogP contribution in [0.4, 0.5) is 23.5 Å². The smallest absolute Gasteiger partial charge is 0.419 e. The molecule has 7 rings (SSSR count). The standard InChI is InChI=1S/C47H59F2N5O5SSi/c1-31-25-36-35-23-17-18-24-37(35)54(43(56)59-45(5,6)7)39(36)40(38-26-50-41(60-38)51-32-27-52(28-32)42(55)58-44(2,3)4)53(31)29-47(48,49)30-57-61(46(8,9)10,33-19-13-11-14-20-33)34-21-15-12-16-22-34/h11-24,26,31-32,40H,25,27-30H2,1-10H3,(H,50,51)/t31-,40-/m1/s1. The lowest BCUT2D eigenvalue weighted by molar-refractivity contribution is -0.0820. The quantitative estimate of drug-likeness (QED) is 0.139. The van der Waals surface area contributed by atoms with Crippen LogP contribution in [0.25, 0.3) is 10.9 Å². The number of likely N-dealkylation sites (tertiary alicyclic amines) is 1. The third-order valence-corrected chi connectivity index (χ3v) is 17.2. The number of carbonyl (C=O) groups is 2. The first-order valence-electron chi connectivity index (χ1n) is 21.0. The average molecular weight is 872 g/mol. The first-order valence-corrected chi connectivity index (χ1v) is 23.7. The van der Waals surface area contributed by atoms with Crippen LogP contribution in [0.2, 0.25) is 5.04 Å². The number of ether oxygens (including phenoxy) is 2. The summed E-state index contributed by atoms with van der Waals surface area (Å²) in [5.74, 6) is -3.32. The number of carbonyl (C=O) groups excluding carboxylic acids is 2. The van der Waals surface area contributed by atoms with E-state index in [1.165, 1.54) is 11.3 Å². The van der Waals surface area contributed by atoms with Crippen molar-refractivity contribution >= 4 is 58.2 Å². The molecule has 10 nitrogen and oxygen atoms in total. The van der Waals surface area contributed by atoms with Gasteiger partial charge in [0.1, 0.15) is 11.2 Å². The second-order valence-corrected chi connectivity index (χ2v) is 24.8. The number of aromatic nitrogens is 2. The monoisotopic (exact) mass is 871 g/mol. The molecule has 0 spiro atoms. The Labute approximate surface area is 363 Å². The van der Waals surface area contributed by atoms with Gasteiger partial charge in [0.15, 0.2) is 5.13 Å². The number of para-hydroxylation sites is 1. The van der Waals surface area contributed by atoms with E-state index >= 15 is 8.78 Å². The second-order valence-electron chi connectivity index (χ2n) is 19.4. The van der Waals surface area contributed by atoms with Gasteiger partial charge in [-0.05, 0) is 81.9 Å². The van der Waals surface area contributed by atoms with Gasteiger partial charge in [0.05, 0.1) is 36.4 Å². The van der Waals surface area contributed by atoms with E-state index in [9.17, 15) is 9.59 Å². The molecule has 326 valence electrons. The van der Waals surface area contributed by atoms with Gasteiger partial charge in [-0.2, -0.15) is 0 Å². The van der Waals surface area contributed by atoms with Crippen molar-refractivity contribution in [2.45, 2.75) is 116 Å². The normalized spacial score (nSPS) is 18.1. The van der Waals surface area contributed by atoms with Crippen molar-refractivity contribution < 1.29 is 32.3 Å². The molecule has 2 aromatic heterocycles. The third kappa shape index (κ3) is 9.28. The van der Waals surface area contributed by atoms with E-state index in [0.29, 0.717) is 40.7 Å². The first kappa shape index (κ1) is 44.4. The van der Waals surface area contributed by atoms with Crippen LogP contribution >= 0.6 is 11.3 Å². The Hall–Kier alpha value is -4.63. The SMILES string of the molecule is C[C@@H]1Cc2c(n(C(=O)OC(C)(C)C)c3ccccc23)[C@@H](c2cnc(NC3CN(C(=O)OC(C)(C)C)C3)s2)N1CC(F)(F)CO[Si](c1ccccc1)(c1ccccc1)C(C)(C)C. The van der Waals surface area contributed by atoms with E-state index < -0.39 is 55.8 Å². The Morgan fingerprint density at radius 2 is 1.38 bits per heavy atom. The number of hydrogen-bond acceptors (Lipinski definition) is 9. The molecule has 3 aromatic carbocycles. The summed E-state index contributed by atoms with van der Waals surface area (Å²) in [6.07, 6.45) is 1.19. The lowest BCUT2D eigenvalue weighted by atomic mass is 9.91. The molecule has 2 atom stereocenters. The minimum Gasteiger partial charge on any atom is -0.444 e. The van der Waals surface area contributed by atoms with Gasteiger partial charge in [-0.15, -0.1) is 11.3 Å². The summed E-state index contributed by atoms with van der Waals surface area (Å²) >= 11 is 1.36. The highest BCUT2D eigenvalue weighted by atomic mass is 32.1. The molecular formula is C47H59F2N5O5SSi. The molecule has 1 N–H and O–H groups in total. The van der Waals surface area contributed by atoms with E-state index in [1.807, 2.05) is 138 Å². The molecule has 1 amide bonds. The van der Waals surface area contributed by atoms with Gasteiger partial charge >= 0.3 is 12.2 Å². The summed E-state index contributed by atoms with van der Waals surface area (Å²) in [5, 5.41) is 6.25. The minimum atomic E-state index is -3.32. The Morgan fingerprint density at radius 3 is 1.95 bits per heavy atom. The summed E-state index contributed by atoms with van der Waals surface area (Å²) in [5.41, 5.74) is 0.745. The fourth-order valence-electron chi connectivity index (χ4n) is 8.69. The number of rotatable bonds is 10. The van der Waals surface area contributed by atoms with Gasteiger partial charge in [-0.3, -0.25) is 4.90 Å². The van der Waals surface area contributed by atoms with Crippen LogP contribution in [-0.4, -0.2) is 95.3 Å². The fourth-order valence-corrected chi connectivity index (χ4v) is 14.3. The molecule has 4 heterocycles. The van der Waals surface area contributed by atoms with Crippen molar-refractivity contribution in [3.8, 4) is 0 Å². The highest BCUT2D eigenvalue weighted by Gasteiger charge is 2.53. The van der Waals surface area contributed by atoms with Gasteiger partial charge in [0.2, 0.25) is 0 Å². The van der Waals surface area contributed by atoms with Crippen molar-refractivity contribution in [3.05, 3.63) is 107 Å². The number of amides is 1. The predicted molar refractivity (Wildman–Crippen MR) is 241 cm³/mol. The second kappa shape index (κ2) is 16.6. The largest absolute Gasteiger partial charge is 0.444 e. The molecule has 5 aromatic rings. The average Bonchev–Trinajstić information content (AvgIpc) is 3.74. The summed E-state index contributed by atoms with van der Waals surface area (Å²) in [4.78, 5) is 35.8. The molecule has 2 aliphatic heterocycles. The van der Waals surface area contributed by atoms with Crippen molar-refractivity contribution in [3.63, 3.8) is 0 Å². The van der Waals surface area contributed by atoms with E-state index in [4.69, 9.17) is 18.9 Å². The lowest BCUT2D eigenvalue weighted by Crippen LogP contribution is -2.67. The Morgan fingerprint density at radius 1 is 0.820 bits per heavy atom. The van der Waals surface area contributed by atoms with E-state index in [0.717, 1.165) is 21.3 Å². The zero-order valence-corrected chi connectivity index (χ0v) is 38.7. The van der Waals surface area contributed by atoms with Gasteiger partial charge in [-0.1, -0.05) is 99.6 Å². The molecule has 0 aliphatic carbocycles. The maximum absolute atomic E-state index is 17.2. The van der Waals surface area contributed by atoms with Crippen LogP contribution < -0.4 is 15.7 Å². The molecule has 14 heteroatoms. The summed E-state index contributed by atoms with van der Waals surface area (Å²) in [7, 11) is -3.30. The number of anilines is 1. The Balaban J connectivity index is 1.26. The van der Waals surface area contributed by atoms with Crippen LogP contribution in [0.1, 0.15) is 91.4 Å². The Bertz CT molecular complexity index is 2310. The highest BCUT2D eigenvalue weighted by molar-refractivity contribution is 7.15. The van der Waals surface area contributed by atoms with Crippen LogP contribution in [0.15, 0.2) is 91.1 Å². The van der Waals surface area contributed by atoms with E-state index in [1.54, 1.807) is 15.7 Å². The molecular weight excluding hydrogens is 813 g/mol. The maximum atomic E-state index is 17.2. The van der Waals surface area contributed by atoms with Crippen molar-refractivity contribution in [1.29, 1.82) is 0 Å². The summed E-state index contributed by atoms with van der Waals surface area (Å²) in [6.45, 7) is 18.6. The lowest BCUT2D eigenvalue weighted by Gasteiger charge is -2.45. The number of fused-ring (bicyclic) bond motifs is 3. The number of alkyl halides is 2. The van der Waals surface area contributed by atoms with Gasteiger partial charge in [0.25, 0.3) is 14.2 Å². The zero-order chi connectivity index (χ0) is 44.1. The molecule has 0 radical (unpaired) electrons. The van der Waals surface area contributed by atoms with Crippen LogP contribution in [0.5, 0.6) is 0 Å². The van der Waals surface area contributed by atoms with E-state index in [2.05, 4.69) is 26.1 Å². The van der Waals surface area contributed by atoms with Crippen LogP contribution in [0.3, 0.4) is 0 Å². The summed E-state index contributed by atoms with van der Waals surface area (Å²) < 4.78 is 54.4. The molecule has 0 unspecified atom stereocenters. The Kier molecular flexibility index (Phi) is 12.1. The molecule has 1 saturated heterocycles. The number of nitrogens with one attached hydrogen (secondary N) is 1. The highest BCUT2D eigenvalue weighted by Crippen LogP contribution is 2.46. The minimum absolute atomic E-state index is 0.0698. The summed E-state index contributed by atoms with van der Waals surface area (Å²) in [6, 6.07) is 26.0. The number of nitrogens with zero attached hydrogens (tertiary/aromatic N) is 4. The molecule has 2 aliphatic rings. The van der Waals surface area contributed by atoms with Crippen LogP contribution in [-0.2, 0) is 20.3 Å².